The first-order chi connectivity index (χ1) is 29.4. The summed E-state index contributed by atoms with van der Waals surface area (Å²) in [5.74, 6) is -3.21. The lowest BCUT2D eigenvalue weighted by Crippen LogP contribution is -2.46. The van der Waals surface area contributed by atoms with E-state index in [-0.39, 0.29) is 106 Å². The molecule has 1 aromatic rings. The first-order valence-electron chi connectivity index (χ1n) is 21.3. The number of ketones is 3. The maximum Gasteiger partial charge on any atom is 0.302 e. The maximum absolute atomic E-state index is 13.2. The number of nitrogens with zero attached hydrogens (tertiary/aromatic N) is 1. The summed E-state index contributed by atoms with van der Waals surface area (Å²) in [5.41, 5.74) is 1.29. The molecule has 19 heteroatoms. The number of anilines is 1. The molecule has 3 N–H and O–H groups in total. The van der Waals surface area contributed by atoms with Gasteiger partial charge in [-0.1, -0.05) is 39.8 Å². The zero-order valence-corrected chi connectivity index (χ0v) is 37.9. The van der Waals surface area contributed by atoms with Crippen LogP contribution < -0.4 is 10.6 Å². The highest BCUT2D eigenvalue weighted by Gasteiger charge is 2.28. The lowest BCUT2D eigenvalue weighted by molar-refractivity contribution is -0.142. The number of Topliss-reactive ketones (excluding diaryl/α,β-unsaturated/α-hetero) is 3. The molecule has 0 aliphatic carbocycles. The van der Waals surface area contributed by atoms with E-state index < -0.39 is 39.7 Å². The molecule has 0 aliphatic heterocycles. The van der Waals surface area contributed by atoms with Crippen LogP contribution in [0.2, 0.25) is 0 Å². The number of carbonyl (C=O) groups excluding carboxylic acids is 7. The van der Waals surface area contributed by atoms with Crippen molar-refractivity contribution in [2.75, 3.05) is 77.0 Å². The normalized spacial score (nSPS) is 12.4. The van der Waals surface area contributed by atoms with Crippen molar-refractivity contribution in [1.29, 1.82) is 0 Å². The van der Waals surface area contributed by atoms with Gasteiger partial charge in [-0.05, 0) is 42.9 Å². The van der Waals surface area contributed by atoms with E-state index in [1.165, 1.54) is 6.92 Å². The fourth-order valence-corrected chi connectivity index (χ4v) is 6.32. The molecule has 0 unspecified atom stereocenters. The Bertz CT molecular complexity index is 1640. The molecular weight excluding hydrogens is 831 g/mol. The molecule has 0 saturated carbocycles. The van der Waals surface area contributed by atoms with E-state index in [0.29, 0.717) is 71.3 Å². The van der Waals surface area contributed by atoms with Crippen molar-refractivity contribution in [3.05, 3.63) is 29.8 Å². The third-order valence-electron chi connectivity index (χ3n) is 9.26. The second kappa shape index (κ2) is 32.5. The minimum atomic E-state index is -4.06. The Morgan fingerprint density at radius 2 is 1.27 bits per heavy atom. The van der Waals surface area contributed by atoms with Gasteiger partial charge in [0.05, 0.1) is 58.0 Å². The second-order valence-electron chi connectivity index (χ2n) is 15.2. The highest BCUT2D eigenvalue weighted by molar-refractivity contribution is 7.85. The van der Waals surface area contributed by atoms with Crippen molar-refractivity contribution in [3.63, 3.8) is 0 Å². The third-order valence-corrected chi connectivity index (χ3v) is 10.1. The van der Waals surface area contributed by atoms with E-state index in [1.807, 2.05) is 6.92 Å². The summed E-state index contributed by atoms with van der Waals surface area (Å²) in [4.78, 5) is 88.8. The first-order valence-corrected chi connectivity index (χ1v) is 22.9. The molecule has 62 heavy (non-hydrogen) atoms. The number of hydrogen-bond donors (Lipinski definition) is 3. The summed E-state index contributed by atoms with van der Waals surface area (Å²) in [5, 5.41) is 5.57. The van der Waals surface area contributed by atoms with Gasteiger partial charge in [-0.2, -0.15) is 8.42 Å². The summed E-state index contributed by atoms with van der Waals surface area (Å²) in [7, 11) is -4.06. The van der Waals surface area contributed by atoms with E-state index in [1.54, 1.807) is 49.9 Å². The SMILES string of the molecule is CCCN(CCC(=O)N[C@H](C(=O)C[C@@H](C)C(=O)Nc1ccc(COC(C)=O)cc1)C(C)C)C(=O)CCC(=O)CCCOCCOCCOCCOCCC(=O)CCCS(=O)(=O)O. The molecule has 0 aliphatic rings. The van der Waals surface area contributed by atoms with Crippen LogP contribution in [0.15, 0.2) is 24.3 Å². The molecule has 0 radical (unpaired) electrons. The molecule has 0 spiro atoms. The fraction of sp³-hybridized carbons (Fsp3) is 0.698. The van der Waals surface area contributed by atoms with E-state index >= 15 is 0 Å². The Hall–Kier alpha value is -4.14. The Balaban J connectivity index is 2.25. The molecule has 2 atom stereocenters. The molecule has 1 rings (SSSR count). The van der Waals surface area contributed by atoms with Gasteiger partial charge in [0.15, 0.2) is 5.78 Å². The Morgan fingerprint density at radius 1 is 0.710 bits per heavy atom. The van der Waals surface area contributed by atoms with Crippen LogP contribution in [0.5, 0.6) is 0 Å². The molecule has 0 aromatic heterocycles. The standard InChI is InChI=1S/C43H69N3O15S/c1-6-19-46(20-17-40(51)45-42(32(2)3)39(50)30-33(4)43(53)44-36-13-11-35(12-14-36)31-61-34(5)47)41(52)16-15-37(48)9-7-21-57-23-25-59-27-28-60-26-24-58-22-18-38(49)10-8-29-62(54,55)56/h11-14,32-33,42H,6-10,15-31H2,1-5H3,(H,44,53)(H,45,51)(H,54,55,56)/t33-,42+/m1/s1. The molecule has 0 heterocycles. The van der Waals surface area contributed by atoms with Gasteiger partial charge in [-0.25, -0.2) is 0 Å². The van der Waals surface area contributed by atoms with E-state index in [9.17, 15) is 42.0 Å². The smallest absolute Gasteiger partial charge is 0.302 e. The number of nitrogens with one attached hydrogen (secondary N) is 2. The molecule has 0 saturated heterocycles. The lowest BCUT2D eigenvalue weighted by Gasteiger charge is -2.25. The fourth-order valence-electron chi connectivity index (χ4n) is 5.81. The zero-order chi connectivity index (χ0) is 46.3. The molecule has 0 fully saturated rings. The number of ether oxygens (including phenoxy) is 5. The van der Waals surface area contributed by atoms with Crippen LogP contribution in [0.4, 0.5) is 5.69 Å². The lowest BCUT2D eigenvalue weighted by atomic mass is 9.92. The average molecular weight is 900 g/mol. The monoisotopic (exact) mass is 899 g/mol. The van der Waals surface area contributed by atoms with Crippen LogP contribution in [0.3, 0.4) is 0 Å². The van der Waals surface area contributed by atoms with Crippen molar-refractivity contribution in [2.45, 2.75) is 111 Å². The maximum atomic E-state index is 13.2. The highest BCUT2D eigenvalue weighted by Crippen LogP contribution is 2.16. The van der Waals surface area contributed by atoms with E-state index in [4.69, 9.17) is 28.2 Å². The molecule has 352 valence electrons. The first kappa shape index (κ1) is 55.9. The van der Waals surface area contributed by atoms with Crippen LogP contribution in [-0.4, -0.2) is 137 Å². The van der Waals surface area contributed by atoms with Gasteiger partial charge in [-0.15, -0.1) is 0 Å². The Labute approximate surface area is 366 Å². The molecule has 3 amide bonds. The van der Waals surface area contributed by atoms with Crippen molar-refractivity contribution < 1.29 is 70.2 Å². The highest BCUT2D eigenvalue weighted by atomic mass is 32.2. The van der Waals surface area contributed by atoms with E-state index in [0.717, 1.165) is 5.56 Å². The summed E-state index contributed by atoms with van der Waals surface area (Å²) < 4.78 is 56.6. The molecule has 18 nitrogen and oxygen atoms in total. The summed E-state index contributed by atoms with van der Waals surface area (Å²) in [6.45, 7) is 11.7. The average Bonchev–Trinajstić information content (AvgIpc) is 3.20. The molecule has 1 aromatic carbocycles. The van der Waals surface area contributed by atoms with Crippen LogP contribution in [0.1, 0.15) is 104 Å². The summed E-state index contributed by atoms with van der Waals surface area (Å²) in [6, 6.07) is 5.98. The molecule has 0 bridgehead atoms. The van der Waals surface area contributed by atoms with Gasteiger partial charge in [-0.3, -0.25) is 38.1 Å². The predicted octanol–water partition coefficient (Wildman–Crippen LogP) is 3.88. The Kier molecular flexibility index (Phi) is 29.3. The van der Waals surface area contributed by atoms with Crippen LogP contribution in [0, 0.1) is 11.8 Å². The summed E-state index contributed by atoms with van der Waals surface area (Å²) >= 11 is 0. The minimum Gasteiger partial charge on any atom is -0.461 e. The van der Waals surface area contributed by atoms with Gasteiger partial charge < -0.3 is 39.2 Å². The van der Waals surface area contributed by atoms with Gasteiger partial charge >= 0.3 is 5.97 Å². The van der Waals surface area contributed by atoms with Gasteiger partial charge in [0.2, 0.25) is 17.7 Å². The number of rotatable bonds is 37. The quantitative estimate of drug-likeness (QED) is 0.0487. The van der Waals surface area contributed by atoms with Crippen molar-refractivity contribution in [2.24, 2.45) is 11.8 Å². The van der Waals surface area contributed by atoms with Crippen molar-refractivity contribution in [1.82, 2.24) is 10.2 Å². The minimum absolute atomic E-state index is 0.0243. The predicted molar refractivity (Wildman–Crippen MR) is 230 cm³/mol. The largest absolute Gasteiger partial charge is 0.461 e. The van der Waals surface area contributed by atoms with Gasteiger partial charge in [0.25, 0.3) is 10.1 Å². The van der Waals surface area contributed by atoms with Crippen LogP contribution in [0.25, 0.3) is 0 Å². The van der Waals surface area contributed by atoms with E-state index in [2.05, 4.69) is 10.6 Å². The number of amides is 3. The number of esters is 1. The Morgan fingerprint density at radius 3 is 1.84 bits per heavy atom. The second-order valence-corrected chi connectivity index (χ2v) is 16.8. The van der Waals surface area contributed by atoms with Crippen LogP contribution >= 0.6 is 0 Å². The topological polar surface area (TPSA) is 247 Å². The van der Waals surface area contributed by atoms with Gasteiger partial charge in [0.1, 0.15) is 18.2 Å². The third kappa shape index (κ3) is 28.5. The van der Waals surface area contributed by atoms with Crippen molar-refractivity contribution >= 4 is 56.8 Å². The summed E-state index contributed by atoms with van der Waals surface area (Å²) in [6.07, 6.45) is 1.71. The molecular formula is C43H69N3O15S. The number of carbonyl (C=O) groups is 7. The number of benzene rings is 1. The zero-order valence-electron chi connectivity index (χ0n) is 37.1. The van der Waals surface area contributed by atoms with Crippen molar-refractivity contribution in [3.8, 4) is 0 Å². The van der Waals surface area contributed by atoms with Crippen LogP contribution in [-0.2, 0) is 74.0 Å². The number of hydrogen-bond acceptors (Lipinski definition) is 14. The van der Waals surface area contributed by atoms with Gasteiger partial charge in [0, 0.05) is 83.2 Å².